The number of carboxylic acids is 1. The molecular formula is C12H10FN3O5. The van der Waals surface area contributed by atoms with E-state index in [2.05, 4.69) is 5.10 Å². The molecule has 0 fully saturated rings. The standard InChI is InChI=1S/C12H10FN3O5/c1-2-15-6-7(5-14-15)21-11-3-8(12(17)18)10(16(19)20)4-9(11)13/h3-6H,2H2,1H3,(H,17,18). The van der Waals surface area contributed by atoms with Gasteiger partial charge in [0, 0.05) is 12.6 Å². The number of aromatic nitrogens is 2. The fourth-order valence-electron chi connectivity index (χ4n) is 1.64. The van der Waals surface area contributed by atoms with Crippen LogP contribution in [0.1, 0.15) is 17.3 Å². The first-order valence-electron chi connectivity index (χ1n) is 5.84. The van der Waals surface area contributed by atoms with Crippen molar-refractivity contribution in [2.45, 2.75) is 13.5 Å². The summed E-state index contributed by atoms with van der Waals surface area (Å²) in [7, 11) is 0. The topological polar surface area (TPSA) is 107 Å². The Morgan fingerprint density at radius 2 is 2.29 bits per heavy atom. The first-order chi connectivity index (χ1) is 9.92. The summed E-state index contributed by atoms with van der Waals surface area (Å²) in [6.07, 6.45) is 2.81. The smallest absolute Gasteiger partial charge is 0.342 e. The normalized spacial score (nSPS) is 10.4. The first-order valence-corrected chi connectivity index (χ1v) is 5.84. The van der Waals surface area contributed by atoms with Gasteiger partial charge >= 0.3 is 5.97 Å². The Bertz CT molecular complexity index is 713. The molecule has 1 N–H and O–H groups in total. The number of benzene rings is 1. The molecule has 0 bridgehead atoms. The summed E-state index contributed by atoms with van der Waals surface area (Å²) in [5, 5.41) is 23.6. The summed E-state index contributed by atoms with van der Waals surface area (Å²) < 4.78 is 20.5. The van der Waals surface area contributed by atoms with Gasteiger partial charge in [0.25, 0.3) is 5.69 Å². The van der Waals surface area contributed by atoms with Gasteiger partial charge in [0.1, 0.15) is 5.56 Å². The Morgan fingerprint density at radius 3 is 2.81 bits per heavy atom. The summed E-state index contributed by atoms with van der Waals surface area (Å²) >= 11 is 0. The highest BCUT2D eigenvalue weighted by atomic mass is 19.1. The highest BCUT2D eigenvalue weighted by molar-refractivity contribution is 5.92. The number of nitro benzene ring substituents is 1. The van der Waals surface area contributed by atoms with Gasteiger partial charge in [-0.05, 0) is 6.92 Å². The molecule has 0 atom stereocenters. The third-order valence-electron chi connectivity index (χ3n) is 2.64. The molecule has 1 heterocycles. The number of rotatable bonds is 5. The molecule has 0 unspecified atom stereocenters. The van der Waals surface area contributed by atoms with Crippen LogP contribution in [-0.2, 0) is 6.54 Å². The molecule has 0 aliphatic heterocycles. The van der Waals surface area contributed by atoms with Crippen LogP contribution in [-0.4, -0.2) is 25.8 Å². The Kier molecular flexibility index (Phi) is 3.83. The second-order valence-electron chi connectivity index (χ2n) is 4.00. The zero-order valence-electron chi connectivity index (χ0n) is 10.8. The maximum absolute atomic E-state index is 13.8. The average molecular weight is 295 g/mol. The van der Waals surface area contributed by atoms with E-state index in [4.69, 9.17) is 9.84 Å². The number of halogens is 1. The van der Waals surface area contributed by atoms with Crippen molar-refractivity contribution in [1.82, 2.24) is 9.78 Å². The van der Waals surface area contributed by atoms with E-state index in [1.54, 1.807) is 0 Å². The number of nitrogens with zero attached hydrogens (tertiary/aromatic N) is 3. The maximum atomic E-state index is 13.8. The van der Waals surface area contributed by atoms with Crippen molar-refractivity contribution in [2.75, 3.05) is 0 Å². The minimum atomic E-state index is -1.55. The predicted molar refractivity (Wildman–Crippen MR) is 68.0 cm³/mol. The molecule has 110 valence electrons. The SMILES string of the molecule is CCn1cc(Oc2cc(C(=O)O)c([N+](=O)[O-])cc2F)cn1. The first kappa shape index (κ1) is 14.4. The lowest BCUT2D eigenvalue weighted by molar-refractivity contribution is -0.385. The second kappa shape index (κ2) is 5.57. The van der Waals surface area contributed by atoms with E-state index in [1.807, 2.05) is 6.92 Å². The lowest BCUT2D eigenvalue weighted by Gasteiger charge is -2.06. The van der Waals surface area contributed by atoms with Gasteiger partial charge in [-0.25, -0.2) is 9.18 Å². The second-order valence-corrected chi connectivity index (χ2v) is 4.00. The molecule has 8 nitrogen and oxygen atoms in total. The van der Waals surface area contributed by atoms with Gasteiger partial charge in [-0.3, -0.25) is 14.8 Å². The maximum Gasteiger partial charge on any atom is 0.342 e. The Hall–Kier alpha value is -2.97. The van der Waals surface area contributed by atoms with Crippen molar-refractivity contribution in [3.63, 3.8) is 0 Å². The Balaban J connectivity index is 2.42. The quantitative estimate of drug-likeness (QED) is 0.670. The third kappa shape index (κ3) is 2.96. The number of carbonyl (C=O) groups is 1. The monoisotopic (exact) mass is 295 g/mol. The van der Waals surface area contributed by atoms with Crippen molar-refractivity contribution >= 4 is 11.7 Å². The van der Waals surface area contributed by atoms with Gasteiger partial charge in [0.05, 0.1) is 23.4 Å². The van der Waals surface area contributed by atoms with Crippen LogP contribution in [0.5, 0.6) is 11.5 Å². The van der Waals surface area contributed by atoms with Crippen LogP contribution in [0.4, 0.5) is 10.1 Å². The number of aromatic carboxylic acids is 1. The van der Waals surface area contributed by atoms with Crippen LogP contribution in [0.15, 0.2) is 24.5 Å². The third-order valence-corrected chi connectivity index (χ3v) is 2.64. The lowest BCUT2D eigenvalue weighted by atomic mass is 10.1. The van der Waals surface area contributed by atoms with Crippen LogP contribution >= 0.6 is 0 Å². The predicted octanol–water partition coefficient (Wildman–Crippen LogP) is 2.44. The number of ether oxygens (including phenoxy) is 1. The van der Waals surface area contributed by atoms with Gasteiger partial charge < -0.3 is 9.84 Å². The molecule has 0 amide bonds. The summed E-state index contributed by atoms with van der Waals surface area (Å²) in [6.45, 7) is 2.41. The van der Waals surface area contributed by atoms with Crippen molar-refractivity contribution in [2.24, 2.45) is 0 Å². The van der Waals surface area contributed by atoms with E-state index in [-0.39, 0.29) is 5.75 Å². The van der Waals surface area contributed by atoms with Crippen LogP contribution in [0.2, 0.25) is 0 Å². The molecule has 2 rings (SSSR count). The van der Waals surface area contributed by atoms with Gasteiger partial charge in [-0.15, -0.1) is 0 Å². The molecule has 0 radical (unpaired) electrons. The van der Waals surface area contributed by atoms with Gasteiger partial charge in [-0.2, -0.15) is 5.10 Å². The minimum Gasteiger partial charge on any atom is -0.477 e. The highest BCUT2D eigenvalue weighted by Gasteiger charge is 2.24. The molecule has 0 aliphatic carbocycles. The van der Waals surface area contributed by atoms with Gasteiger partial charge in [-0.1, -0.05) is 0 Å². The van der Waals surface area contributed by atoms with E-state index in [0.29, 0.717) is 12.6 Å². The molecule has 0 aliphatic rings. The van der Waals surface area contributed by atoms with Gasteiger partial charge in [0.15, 0.2) is 17.3 Å². The fourth-order valence-corrected chi connectivity index (χ4v) is 1.64. The highest BCUT2D eigenvalue weighted by Crippen LogP contribution is 2.30. The number of carboxylic acid groups (broad SMARTS) is 1. The van der Waals surface area contributed by atoms with Crippen LogP contribution in [0.3, 0.4) is 0 Å². The number of hydrogen-bond acceptors (Lipinski definition) is 5. The van der Waals surface area contributed by atoms with Gasteiger partial charge in [0.2, 0.25) is 0 Å². The van der Waals surface area contributed by atoms with E-state index in [1.165, 1.54) is 17.1 Å². The van der Waals surface area contributed by atoms with Crippen LogP contribution < -0.4 is 4.74 Å². The zero-order valence-corrected chi connectivity index (χ0v) is 10.8. The Morgan fingerprint density at radius 1 is 1.57 bits per heavy atom. The summed E-state index contributed by atoms with van der Waals surface area (Å²) in [6, 6.07) is 1.29. The van der Waals surface area contributed by atoms with E-state index >= 15 is 0 Å². The average Bonchev–Trinajstić information content (AvgIpc) is 2.87. The molecule has 9 heteroatoms. The molecule has 21 heavy (non-hydrogen) atoms. The van der Waals surface area contributed by atoms with E-state index in [9.17, 15) is 19.3 Å². The molecule has 0 saturated heterocycles. The van der Waals surface area contributed by atoms with Crippen molar-refractivity contribution in [3.8, 4) is 11.5 Å². The summed E-state index contributed by atoms with van der Waals surface area (Å²) in [4.78, 5) is 20.7. The van der Waals surface area contributed by atoms with E-state index in [0.717, 1.165) is 6.07 Å². The lowest BCUT2D eigenvalue weighted by Crippen LogP contribution is -2.04. The number of nitro groups is 1. The fraction of sp³-hybridized carbons (Fsp3) is 0.167. The number of aryl methyl sites for hydroxylation is 1. The molecule has 0 spiro atoms. The Labute approximate surface area is 117 Å². The summed E-state index contributed by atoms with van der Waals surface area (Å²) in [5.74, 6) is -2.80. The van der Waals surface area contributed by atoms with E-state index < -0.39 is 33.7 Å². The van der Waals surface area contributed by atoms with Crippen molar-refractivity contribution in [1.29, 1.82) is 0 Å². The largest absolute Gasteiger partial charge is 0.477 e. The number of hydrogen-bond donors (Lipinski definition) is 1. The summed E-state index contributed by atoms with van der Waals surface area (Å²) in [5.41, 5.74) is -1.49. The zero-order chi connectivity index (χ0) is 15.6. The molecule has 1 aromatic heterocycles. The molecule has 1 aromatic carbocycles. The van der Waals surface area contributed by atoms with Crippen molar-refractivity contribution in [3.05, 3.63) is 46.0 Å². The molecular weight excluding hydrogens is 285 g/mol. The minimum absolute atomic E-state index is 0.195. The molecule has 0 saturated carbocycles. The molecule has 2 aromatic rings. The van der Waals surface area contributed by atoms with Crippen LogP contribution in [0, 0.1) is 15.9 Å². The van der Waals surface area contributed by atoms with Crippen LogP contribution in [0.25, 0.3) is 0 Å². The van der Waals surface area contributed by atoms with Crippen molar-refractivity contribution < 1.29 is 24.0 Å².